The molecule has 0 spiro atoms. The largest absolute Gasteiger partial charge is 0.445 e. The normalized spacial score (nSPS) is 21.9. The van der Waals surface area contributed by atoms with Crippen LogP contribution in [0.4, 0.5) is 10.6 Å². The second-order valence-corrected chi connectivity index (χ2v) is 7.62. The number of anilines is 1. The van der Waals surface area contributed by atoms with Crippen molar-refractivity contribution in [1.82, 2.24) is 14.7 Å². The number of likely N-dealkylation sites (tertiary alicyclic amines) is 1. The fourth-order valence-electron chi connectivity index (χ4n) is 3.76. The van der Waals surface area contributed by atoms with Crippen LogP contribution in [0.2, 0.25) is 0 Å². The zero-order valence-electron chi connectivity index (χ0n) is 15.9. The van der Waals surface area contributed by atoms with Crippen LogP contribution >= 0.6 is 0 Å². The molecule has 1 N–H and O–H groups in total. The number of piperidine rings is 1. The summed E-state index contributed by atoms with van der Waals surface area (Å²) in [6.07, 6.45) is 3.76. The van der Waals surface area contributed by atoms with Gasteiger partial charge in [0.15, 0.2) is 0 Å². The number of fused-ring (bicyclic) bond motifs is 1. The molecule has 1 aromatic heterocycles. The van der Waals surface area contributed by atoms with E-state index in [-0.39, 0.29) is 12.1 Å². The van der Waals surface area contributed by atoms with Crippen LogP contribution in [0.15, 0.2) is 42.0 Å². The van der Waals surface area contributed by atoms with Crippen molar-refractivity contribution in [3.05, 3.63) is 53.2 Å². The summed E-state index contributed by atoms with van der Waals surface area (Å²) < 4.78 is 7.49. The third-order valence-corrected chi connectivity index (χ3v) is 5.24. The zero-order valence-corrected chi connectivity index (χ0v) is 15.9. The smallest absolute Gasteiger partial charge is 0.410 e. The van der Waals surface area contributed by atoms with Crippen LogP contribution in [-0.2, 0) is 11.3 Å². The monoisotopic (exact) mass is 366 g/mol. The van der Waals surface area contributed by atoms with E-state index < -0.39 is 0 Å². The van der Waals surface area contributed by atoms with E-state index in [0.717, 1.165) is 36.5 Å². The molecule has 2 aromatic rings. The molecule has 2 aliphatic heterocycles. The summed E-state index contributed by atoms with van der Waals surface area (Å²) in [4.78, 5) is 14.7. The molecule has 1 fully saturated rings. The minimum Gasteiger partial charge on any atom is -0.445 e. The molecule has 1 saturated heterocycles. The lowest BCUT2D eigenvalue weighted by molar-refractivity contribution is 0.0553. The maximum atomic E-state index is 12.8. The van der Waals surface area contributed by atoms with Gasteiger partial charge in [-0.1, -0.05) is 37.3 Å². The first kappa shape index (κ1) is 17.6. The molecule has 0 aliphatic carbocycles. The Morgan fingerprint density at radius 1 is 1.30 bits per heavy atom. The first-order valence-electron chi connectivity index (χ1n) is 9.58. The lowest BCUT2D eigenvalue weighted by atomic mass is 9.93. The summed E-state index contributed by atoms with van der Waals surface area (Å²) in [6, 6.07) is 11.8. The van der Waals surface area contributed by atoms with Gasteiger partial charge in [-0.25, -0.2) is 9.48 Å². The topological polar surface area (TPSA) is 59.4 Å². The van der Waals surface area contributed by atoms with Gasteiger partial charge in [0.1, 0.15) is 12.4 Å². The highest BCUT2D eigenvalue weighted by molar-refractivity contribution is 5.68. The van der Waals surface area contributed by atoms with Crippen LogP contribution in [0.5, 0.6) is 0 Å². The molecule has 3 heterocycles. The molecule has 2 atom stereocenters. The van der Waals surface area contributed by atoms with Crippen molar-refractivity contribution in [2.45, 2.75) is 39.3 Å². The zero-order chi connectivity index (χ0) is 18.8. The van der Waals surface area contributed by atoms with Crippen molar-refractivity contribution >= 4 is 18.1 Å². The molecule has 0 saturated carbocycles. The van der Waals surface area contributed by atoms with E-state index in [1.54, 1.807) is 0 Å². The number of aromatic nitrogens is 2. The highest BCUT2D eigenvalue weighted by Crippen LogP contribution is 2.35. The van der Waals surface area contributed by atoms with Gasteiger partial charge in [0.05, 0.1) is 11.7 Å². The van der Waals surface area contributed by atoms with Gasteiger partial charge >= 0.3 is 6.09 Å². The van der Waals surface area contributed by atoms with Crippen LogP contribution in [0, 0.1) is 5.92 Å². The molecule has 1 amide bonds. The fraction of sp³-hybridized carbons (Fsp3) is 0.429. The van der Waals surface area contributed by atoms with Gasteiger partial charge in [0.25, 0.3) is 0 Å². The Hall–Kier alpha value is -2.76. The number of ether oxygens (including phenoxy) is 1. The Balaban J connectivity index is 1.51. The van der Waals surface area contributed by atoms with Gasteiger partial charge in [-0.15, -0.1) is 0 Å². The highest BCUT2D eigenvalue weighted by atomic mass is 16.6. The number of hydrogen-bond acceptors (Lipinski definition) is 4. The number of hydrogen-bond donors (Lipinski definition) is 1. The molecular weight excluding hydrogens is 340 g/mol. The van der Waals surface area contributed by atoms with Crippen LogP contribution in [0.3, 0.4) is 0 Å². The summed E-state index contributed by atoms with van der Waals surface area (Å²) in [7, 11) is 0. The minimum atomic E-state index is -0.263. The van der Waals surface area contributed by atoms with E-state index >= 15 is 0 Å². The molecule has 6 heteroatoms. The molecule has 27 heavy (non-hydrogen) atoms. The number of amides is 1. The summed E-state index contributed by atoms with van der Waals surface area (Å²) in [5.74, 6) is 1.44. The molecule has 4 rings (SSSR count). The lowest BCUT2D eigenvalue weighted by Crippen LogP contribution is -2.42. The number of nitrogens with one attached hydrogen (secondary N) is 1. The number of nitrogens with zero attached hydrogens (tertiary/aromatic N) is 3. The molecule has 0 bridgehead atoms. The van der Waals surface area contributed by atoms with Crippen molar-refractivity contribution in [1.29, 1.82) is 0 Å². The molecular formula is C21H26N4O2. The molecule has 2 aliphatic rings. The first-order valence-corrected chi connectivity index (χ1v) is 9.58. The number of benzene rings is 1. The number of rotatable bonds is 3. The summed E-state index contributed by atoms with van der Waals surface area (Å²) in [6.45, 7) is 6.07. The van der Waals surface area contributed by atoms with E-state index in [2.05, 4.69) is 25.2 Å². The van der Waals surface area contributed by atoms with Crippen molar-refractivity contribution in [2.75, 3.05) is 18.4 Å². The Kier molecular flexibility index (Phi) is 4.88. The highest BCUT2D eigenvalue weighted by Gasteiger charge is 2.34. The van der Waals surface area contributed by atoms with E-state index in [9.17, 15) is 4.79 Å². The van der Waals surface area contributed by atoms with Crippen molar-refractivity contribution in [3.8, 4) is 0 Å². The Morgan fingerprint density at radius 3 is 2.93 bits per heavy atom. The third-order valence-electron chi connectivity index (χ3n) is 5.24. The van der Waals surface area contributed by atoms with Crippen molar-refractivity contribution < 1.29 is 9.53 Å². The van der Waals surface area contributed by atoms with Crippen LogP contribution in [-0.4, -0.2) is 33.9 Å². The molecule has 0 unspecified atom stereocenters. The second kappa shape index (κ2) is 7.47. The van der Waals surface area contributed by atoms with E-state index in [0.29, 0.717) is 19.1 Å². The van der Waals surface area contributed by atoms with Crippen LogP contribution in [0.1, 0.15) is 44.0 Å². The first-order chi connectivity index (χ1) is 13.1. The van der Waals surface area contributed by atoms with Crippen molar-refractivity contribution in [3.63, 3.8) is 0 Å². The average Bonchev–Trinajstić information content (AvgIpc) is 3.09. The van der Waals surface area contributed by atoms with E-state index in [4.69, 9.17) is 9.84 Å². The Bertz CT molecular complexity index is 843. The fourth-order valence-corrected chi connectivity index (χ4v) is 3.76. The lowest BCUT2D eigenvalue weighted by Gasteiger charge is -2.37. The molecule has 6 nitrogen and oxygen atoms in total. The maximum absolute atomic E-state index is 12.8. The number of carbonyl (C=O) groups excluding carboxylic acids is 1. The van der Waals surface area contributed by atoms with E-state index in [1.807, 2.05) is 46.1 Å². The predicted molar refractivity (Wildman–Crippen MR) is 105 cm³/mol. The quantitative estimate of drug-likeness (QED) is 0.881. The Labute approximate surface area is 159 Å². The third kappa shape index (κ3) is 3.84. The van der Waals surface area contributed by atoms with Gasteiger partial charge in [0, 0.05) is 25.4 Å². The SMILES string of the molecule is CC1=Cn2nc([C@@H]3CC[C@H](C)CN3C(=O)OCc3ccccc3)cc2NC1. The van der Waals surface area contributed by atoms with Gasteiger partial charge in [-0.3, -0.25) is 4.90 Å². The predicted octanol–water partition coefficient (Wildman–Crippen LogP) is 4.28. The van der Waals surface area contributed by atoms with E-state index in [1.165, 1.54) is 5.57 Å². The molecule has 142 valence electrons. The average molecular weight is 366 g/mol. The standard InChI is InChI=1S/C21H26N4O2/c1-15-8-9-19(18-10-20-22-11-16(2)13-25(20)23-18)24(12-15)21(26)27-14-17-6-4-3-5-7-17/h3-7,10,13,15,19,22H,8-9,11-12,14H2,1-2H3/t15-,19-/m0/s1. The minimum absolute atomic E-state index is 0.0434. The van der Waals surface area contributed by atoms with Gasteiger partial charge < -0.3 is 10.1 Å². The number of carbonyl (C=O) groups is 1. The van der Waals surface area contributed by atoms with Gasteiger partial charge in [0.2, 0.25) is 0 Å². The maximum Gasteiger partial charge on any atom is 0.410 e. The van der Waals surface area contributed by atoms with Gasteiger partial charge in [-0.05, 0) is 36.8 Å². The van der Waals surface area contributed by atoms with Gasteiger partial charge in [-0.2, -0.15) is 5.10 Å². The summed E-state index contributed by atoms with van der Waals surface area (Å²) in [5.41, 5.74) is 3.15. The second-order valence-electron chi connectivity index (χ2n) is 7.62. The van der Waals surface area contributed by atoms with Crippen molar-refractivity contribution in [2.24, 2.45) is 5.92 Å². The van der Waals surface area contributed by atoms with Crippen LogP contribution in [0.25, 0.3) is 6.20 Å². The molecule has 0 radical (unpaired) electrons. The summed E-state index contributed by atoms with van der Waals surface area (Å²) >= 11 is 0. The summed E-state index contributed by atoms with van der Waals surface area (Å²) in [5, 5.41) is 8.10. The van der Waals surface area contributed by atoms with Crippen LogP contribution < -0.4 is 5.32 Å². The Morgan fingerprint density at radius 2 is 2.11 bits per heavy atom. The molecule has 1 aromatic carbocycles.